The minimum absolute atomic E-state index is 0.234. The van der Waals surface area contributed by atoms with Crippen LogP contribution in [0.1, 0.15) is 18.5 Å². The summed E-state index contributed by atoms with van der Waals surface area (Å²) < 4.78 is 6.82. The van der Waals surface area contributed by atoms with Gasteiger partial charge in [0.15, 0.2) is 0 Å². The Morgan fingerprint density at radius 3 is 2.86 bits per heavy atom. The maximum Gasteiger partial charge on any atom is 0.338 e. The molecule has 0 bridgehead atoms. The molecule has 1 atom stereocenters. The highest BCUT2D eigenvalue weighted by Gasteiger charge is 2.33. The predicted molar refractivity (Wildman–Crippen MR) is 106 cm³/mol. The fourth-order valence-corrected chi connectivity index (χ4v) is 3.78. The van der Waals surface area contributed by atoms with Gasteiger partial charge >= 0.3 is 12.0 Å². The van der Waals surface area contributed by atoms with Crippen molar-refractivity contribution in [2.24, 2.45) is 0 Å². The number of carbonyl (C=O) groups excluding carboxylic acids is 2. The Balaban J connectivity index is 1.67. The van der Waals surface area contributed by atoms with Crippen molar-refractivity contribution in [2.45, 2.75) is 18.1 Å². The summed E-state index contributed by atoms with van der Waals surface area (Å²) in [6.07, 6.45) is 3.39. The van der Waals surface area contributed by atoms with Crippen molar-refractivity contribution < 1.29 is 14.3 Å². The van der Waals surface area contributed by atoms with Crippen molar-refractivity contribution in [1.82, 2.24) is 30.2 Å². The molecule has 0 radical (unpaired) electrons. The van der Waals surface area contributed by atoms with Crippen LogP contribution in [-0.2, 0) is 9.53 Å². The Bertz CT molecular complexity index is 1050. The molecule has 2 aromatic heterocycles. The van der Waals surface area contributed by atoms with E-state index in [1.54, 1.807) is 29.9 Å². The average molecular weight is 410 g/mol. The van der Waals surface area contributed by atoms with Gasteiger partial charge in [-0.25, -0.2) is 19.1 Å². The van der Waals surface area contributed by atoms with Gasteiger partial charge in [-0.2, -0.15) is 4.98 Å². The molecule has 10 heteroatoms. The molecule has 2 amide bonds. The molecule has 3 heterocycles. The van der Waals surface area contributed by atoms with E-state index in [-0.39, 0.29) is 12.6 Å². The lowest BCUT2D eigenvalue weighted by Crippen LogP contribution is -2.46. The summed E-state index contributed by atoms with van der Waals surface area (Å²) in [5.41, 5.74) is 1.63. The van der Waals surface area contributed by atoms with Crippen LogP contribution < -0.4 is 10.6 Å². The van der Waals surface area contributed by atoms with Crippen LogP contribution in [0.5, 0.6) is 0 Å². The van der Waals surface area contributed by atoms with Crippen LogP contribution in [0.25, 0.3) is 5.78 Å². The molecular formula is C19H18N6O3S. The lowest BCUT2D eigenvalue weighted by Gasteiger charge is -2.29. The molecule has 148 valence electrons. The minimum Gasteiger partial charge on any atom is -0.463 e. The number of ether oxygens (including phenoxy) is 1. The summed E-state index contributed by atoms with van der Waals surface area (Å²) in [6.45, 7) is 1.98. The molecule has 0 saturated heterocycles. The molecule has 1 aliphatic rings. The molecule has 29 heavy (non-hydrogen) atoms. The Hall–Kier alpha value is -3.40. The van der Waals surface area contributed by atoms with Gasteiger partial charge in [0.05, 0.1) is 18.2 Å². The SMILES string of the molecule is CCOC(=O)C1=C(CSc2nc3ncccn3n2)NC(=O)NC1c1ccccc1. The Labute approximate surface area is 170 Å². The topological polar surface area (TPSA) is 111 Å². The van der Waals surface area contributed by atoms with E-state index in [9.17, 15) is 9.59 Å². The van der Waals surface area contributed by atoms with E-state index in [0.29, 0.717) is 28.0 Å². The summed E-state index contributed by atoms with van der Waals surface area (Å²) in [7, 11) is 0. The first-order valence-electron chi connectivity index (χ1n) is 8.98. The third-order valence-corrected chi connectivity index (χ3v) is 5.09. The number of urea groups is 1. The smallest absolute Gasteiger partial charge is 0.338 e. The number of amides is 2. The van der Waals surface area contributed by atoms with Gasteiger partial charge in [-0.15, -0.1) is 5.10 Å². The Morgan fingerprint density at radius 1 is 1.28 bits per heavy atom. The van der Waals surface area contributed by atoms with Gasteiger partial charge in [0.2, 0.25) is 5.16 Å². The minimum atomic E-state index is -0.602. The number of nitrogens with zero attached hydrogens (tertiary/aromatic N) is 4. The molecule has 1 unspecified atom stereocenters. The number of fused-ring (bicyclic) bond motifs is 1. The maximum atomic E-state index is 12.7. The number of aromatic nitrogens is 4. The van der Waals surface area contributed by atoms with Gasteiger partial charge in [0.1, 0.15) is 0 Å². The summed E-state index contributed by atoms with van der Waals surface area (Å²) >= 11 is 1.30. The highest BCUT2D eigenvalue weighted by molar-refractivity contribution is 7.99. The van der Waals surface area contributed by atoms with Crippen molar-refractivity contribution in [3.63, 3.8) is 0 Å². The van der Waals surface area contributed by atoms with Crippen molar-refractivity contribution >= 4 is 29.5 Å². The van der Waals surface area contributed by atoms with Gasteiger partial charge in [0, 0.05) is 23.8 Å². The van der Waals surface area contributed by atoms with Crippen LogP contribution in [0.2, 0.25) is 0 Å². The summed E-state index contributed by atoms with van der Waals surface area (Å²) in [5.74, 6) is 0.294. The van der Waals surface area contributed by atoms with Crippen molar-refractivity contribution in [1.29, 1.82) is 0 Å². The first kappa shape index (κ1) is 18.9. The number of benzene rings is 1. The molecule has 0 aliphatic carbocycles. The Morgan fingerprint density at radius 2 is 2.10 bits per heavy atom. The largest absolute Gasteiger partial charge is 0.463 e. The van der Waals surface area contributed by atoms with Crippen LogP contribution in [-0.4, -0.2) is 43.9 Å². The first-order chi connectivity index (χ1) is 14.2. The molecule has 0 fully saturated rings. The number of hydrogen-bond donors (Lipinski definition) is 2. The van der Waals surface area contributed by atoms with Crippen molar-refractivity contribution in [3.8, 4) is 0 Å². The normalized spacial score (nSPS) is 16.4. The second-order valence-corrected chi connectivity index (χ2v) is 7.04. The average Bonchev–Trinajstić information content (AvgIpc) is 3.15. The van der Waals surface area contributed by atoms with E-state index in [1.807, 2.05) is 30.3 Å². The van der Waals surface area contributed by atoms with E-state index in [2.05, 4.69) is 25.7 Å². The first-order valence-corrected chi connectivity index (χ1v) is 9.97. The zero-order valence-electron chi connectivity index (χ0n) is 15.5. The molecule has 3 aromatic rings. The molecule has 2 N–H and O–H groups in total. The van der Waals surface area contributed by atoms with E-state index in [4.69, 9.17) is 4.74 Å². The number of carbonyl (C=O) groups is 2. The second-order valence-electron chi connectivity index (χ2n) is 6.10. The second kappa shape index (κ2) is 8.31. The molecular weight excluding hydrogens is 392 g/mol. The summed E-state index contributed by atoms with van der Waals surface area (Å²) in [6, 6.07) is 10.1. The fourth-order valence-electron chi connectivity index (χ4n) is 2.99. The van der Waals surface area contributed by atoms with Crippen LogP contribution in [0, 0.1) is 0 Å². The molecule has 0 saturated carbocycles. The maximum absolute atomic E-state index is 12.7. The van der Waals surface area contributed by atoms with Gasteiger partial charge in [-0.3, -0.25) is 0 Å². The van der Waals surface area contributed by atoms with E-state index in [0.717, 1.165) is 5.56 Å². The third-order valence-electron chi connectivity index (χ3n) is 4.22. The molecule has 9 nitrogen and oxygen atoms in total. The highest BCUT2D eigenvalue weighted by Crippen LogP contribution is 2.30. The summed E-state index contributed by atoms with van der Waals surface area (Å²) in [4.78, 5) is 33.5. The van der Waals surface area contributed by atoms with Gasteiger partial charge < -0.3 is 15.4 Å². The van der Waals surface area contributed by atoms with Gasteiger partial charge in [-0.1, -0.05) is 42.1 Å². The number of thioether (sulfide) groups is 1. The number of rotatable bonds is 6. The van der Waals surface area contributed by atoms with E-state index in [1.165, 1.54) is 11.8 Å². The monoisotopic (exact) mass is 410 g/mol. The number of nitrogens with one attached hydrogen (secondary N) is 2. The highest BCUT2D eigenvalue weighted by atomic mass is 32.2. The Kier molecular flexibility index (Phi) is 5.43. The quantitative estimate of drug-likeness (QED) is 0.473. The fraction of sp³-hybridized carbons (Fsp3) is 0.211. The van der Waals surface area contributed by atoms with Crippen LogP contribution >= 0.6 is 11.8 Å². The van der Waals surface area contributed by atoms with E-state index >= 15 is 0 Å². The number of hydrogen-bond acceptors (Lipinski definition) is 7. The third kappa shape index (κ3) is 4.06. The number of esters is 1. The van der Waals surface area contributed by atoms with Crippen LogP contribution in [0.15, 0.2) is 65.2 Å². The summed E-state index contributed by atoms with van der Waals surface area (Å²) in [5, 5.41) is 10.4. The predicted octanol–water partition coefficient (Wildman–Crippen LogP) is 2.09. The van der Waals surface area contributed by atoms with Crippen LogP contribution in [0.4, 0.5) is 4.79 Å². The van der Waals surface area contributed by atoms with Crippen molar-refractivity contribution in [2.75, 3.05) is 12.4 Å². The van der Waals surface area contributed by atoms with Gasteiger partial charge in [-0.05, 0) is 18.6 Å². The molecule has 4 rings (SSSR count). The standard InChI is InChI=1S/C19H18N6O3S/c1-2-28-16(26)14-13(11-29-19-23-17-20-9-6-10-25(17)24-19)21-18(27)22-15(14)12-7-4-3-5-8-12/h3-10,15H,2,11H2,1H3,(H2,21,22,27). The van der Waals surface area contributed by atoms with Crippen LogP contribution in [0.3, 0.4) is 0 Å². The zero-order valence-corrected chi connectivity index (χ0v) is 16.3. The van der Waals surface area contributed by atoms with E-state index < -0.39 is 12.0 Å². The van der Waals surface area contributed by atoms with Gasteiger partial charge in [0.25, 0.3) is 5.78 Å². The zero-order chi connectivity index (χ0) is 20.2. The molecule has 1 aromatic carbocycles. The molecule has 1 aliphatic heterocycles. The molecule has 0 spiro atoms. The van der Waals surface area contributed by atoms with Crippen molar-refractivity contribution in [3.05, 3.63) is 65.6 Å². The lowest BCUT2D eigenvalue weighted by atomic mass is 9.95. The lowest BCUT2D eigenvalue weighted by molar-refractivity contribution is -0.139.